The first-order chi connectivity index (χ1) is 7.51. The number of nitrogen functional groups attached to an aromatic ring is 1. The Bertz CT molecular complexity index is 418. The molecule has 1 heterocycles. The molecule has 3 N–H and O–H groups in total. The molecule has 0 aliphatic rings. The van der Waals surface area contributed by atoms with Crippen molar-refractivity contribution in [1.82, 2.24) is 9.97 Å². The summed E-state index contributed by atoms with van der Waals surface area (Å²) in [6.45, 7) is 0. The summed E-state index contributed by atoms with van der Waals surface area (Å²) in [4.78, 5) is 8.10. The Hall–Kier alpha value is -0.860. The number of nitrogens with two attached hydrogens (primary N) is 1. The zero-order valence-electron chi connectivity index (χ0n) is 8.88. The molecule has 0 aromatic carbocycles. The van der Waals surface area contributed by atoms with E-state index in [1.807, 2.05) is 0 Å². The van der Waals surface area contributed by atoms with Crippen LogP contribution >= 0.6 is 11.8 Å². The normalized spacial score (nSPS) is 11.4. The van der Waals surface area contributed by atoms with E-state index in [9.17, 15) is 8.42 Å². The van der Waals surface area contributed by atoms with Crippen molar-refractivity contribution < 1.29 is 8.42 Å². The molecule has 0 saturated heterocycles. The zero-order chi connectivity index (χ0) is 12.0. The largest absolute Gasteiger partial charge is 0.307 e. The minimum Gasteiger partial charge on any atom is -0.307 e. The van der Waals surface area contributed by atoms with Crippen LogP contribution in [0.1, 0.15) is 5.69 Å². The third-order valence-corrected chi connectivity index (χ3v) is 3.90. The number of thioether (sulfide) groups is 1. The van der Waals surface area contributed by atoms with Crippen LogP contribution in [0.3, 0.4) is 0 Å². The maximum atomic E-state index is 10.9. The van der Waals surface area contributed by atoms with Gasteiger partial charge in [0.2, 0.25) is 0 Å². The number of hydrogen-bond donors (Lipinski definition) is 2. The highest BCUT2D eigenvalue weighted by Gasteiger charge is 2.02. The summed E-state index contributed by atoms with van der Waals surface area (Å²) in [6, 6.07) is 0. The molecule has 0 amide bonds. The summed E-state index contributed by atoms with van der Waals surface area (Å²) in [7, 11) is -2.87. The molecule has 0 unspecified atom stereocenters. The summed E-state index contributed by atoms with van der Waals surface area (Å²) in [5.74, 6) is 7.05. The van der Waals surface area contributed by atoms with Crippen LogP contribution in [0.2, 0.25) is 0 Å². The molecule has 1 aromatic heterocycles. The zero-order valence-corrected chi connectivity index (χ0v) is 10.5. The van der Waals surface area contributed by atoms with Crippen molar-refractivity contribution in [3.05, 3.63) is 18.1 Å². The Morgan fingerprint density at radius 2 is 2.19 bits per heavy atom. The van der Waals surface area contributed by atoms with Crippen LogP contribution in [0, 0.1) is 0 Å². The number of hydrogen-bond acceptors (Lipinski definition) is 7. The molecule has 16 heavy (non-hydrogen) atoms. The maximum absolute atomic E-state index is 10.9. The molecule has 8 heteroatoms. The number of anilines is 1. The number of aromatic nitrogens is 2. The van der Waals surface area contributed by atoms with Crippen molar-refractivity contribution >= 4 is 27.4 Å². The third kappa shape index (κ3) is 5.29. The van der Waals surface area contributed by atoms with Gasteiger partial charge < -0.3 is 5.43 Å². The molecule has 90 valence electrons. The van der Waals surface area contributed by atoms with E-state index in [4.69, 9.17) is 5.84 Å². The lowest BCUT2D eigenvalue weighted by Crippen LogP contribution is -2.09. The maximum Gasteiger partial charge on any atom is 0.158 e. The van der Waals surface area contributed by atoms with Crippen LogP contribution in [0.4, 0.5) is 5.82 Å². The standard InChI is InChI=1S/C8H14N4O2S2/c1-16(13,14)3-2-15-6-7-4-11-8(12-9)5-10-7/h4-5H,2-3,6,9H2,1H3,(H,11,12). The number of sulfone groups is 1. The Balaban J connectivity index is 2.32. The molecule has 0 aliphatic carbocycles. The highest BCUT2D eigenvalue weighted by atomic mass is 32.2. The molecule has 0 aliphatic heterocycles. The molecule has 0 spiro atoms. The predicted octanol–water partition coefficient (Wildman–Crippen LogP) is 0.0400. The number of nitrogens with zero attached hydrogens (tertiary/aromatic N) is 2. The van der Waals surface area contributed by atoms with Gasteiger partial charge in [0, 0.05) is 17.8 Å². The second-order valence-electron chi connectivity index (χ2n) is 3.22. The lowest BCUT2D eigenvalue weighted by atomic mass is 10.5. The lowest BCUT2D eigenvalue weighted by molar-refractivity contribution is 0.603. The van der Waals surface area contributed by atoms with Gasteiger partial charge in [-0.2, -0.15) is 11.8 Å². The topological polar surface area (TPSA) is 98.0 Å². The second-order valence-corrected chi connectivity index (χ2v) is 6.58. The molecule has 6 nitrogen and oxygen atoms in total. The van der Waals surface area contributed by atoms with Crippen LogP contribution in [-0.4, -0.2) is 36.1 Å². The third-order valence-electron chi connectivity index (χ3n) is 1.70. The van der Waals surface area contributed by atoms with E-state index in [0.717, 1.165) is 5.69 Å². The first-order valence-electron chi connectivity index (χ1n) is 4.54. The SMILES string of the molecule is CS(=O)(=O)CCSCc1cnc(NN)cn1. The summed E-state index contributed by atoms with van der Waals surface area (Å²) < 4.78 is 21.7. The van der Waals surface area contributed by atoms with Crippen molar-refractivity contribution in [2.75, 3.05) is 23.2 Å². The summed E-state index contributed by atoms with van der Waals surface area (Å²) in [6.07, 6.45) is 4.38. The summed E-state index contributed by atoms with van der Waals surface area (Å²) in [5, 5.41) is 0. The van der Waals surface area contributed by atoms with Crippen LogP contribution in [0.15, 0.2) is 12.4 Å². The van der Waals surface area contributed by atoms with Crippen LogP contribution in [-0.2, 0) is 15.6 Å². The van der Waals surface area contributed by atoms with E-state index >= 15 is 0 Å². The van der Waals surface area contributed by atoms with Gasteiger partial charge in [-0.05, 0) is 0 Å². The summed E-state index contributed by atoms with van der Waals surface area (Å²) in [5.41, 5.74) is 3.18. The first-order valence-corrected chi connectivity index (χ1v) is 7.76. The van der Waals surface area contributed by atoms with E-state index in [-0.39, 0.29) is 5.75 Å². The van der Waals surface area contributed by atoms with Crippen molar-refractivity contribution in [2.45, 2.75) is 5.75 Å². The quantitative estimate of drug-likeness (QED) is 0.424. The molecule has 0 radical (unpaired) electrons. The Morgan fingerprint density at radius 3 is 2.69 bits per heavy atom. The molecule has 0 atom stereocenters. The number of nitrogens with one attached hydrogen (secondary N) is 1. The van der Waals surface area contributed by atoms with Crippen molar-refractivity contribution in [2.24, 2.45) is 5.84 Å². The van der Waals surface area contributed by atoms with Crippen LogP contribution in [0.25, 0.3) is 0 Å². The van der Waals surface area contributed by atoms with E-state index in [0.29, 0.717) is 17.3 Å². The van der Waals surface area contributed by atoms with E-state index in [1.54, 1.807) is 6.20 Å². The van der Waals surface area contributed by atoms with Gasteiger partial charge in [0.25, 0.3) is 0 Å². The van der Waals surface area contributed by atoms with Crippen LogP contribution < -0.4 is 11.3 Å². The summed E-state index contributed by atoms with van der Waals surface area (Å²) >= 11 is 1.51. The molecule has 0 saturated carbocycles. The minimum absolute atomic E-state index is 0.188. The second kappa shape index (κ2) is 6.02. The smallest absolute Gasteiger partial charge is 0.158 e. The van der Waals surface area contributed by atoms with Crippen molar-refractivity contribution in [3.63, 3.8) is 0 Å². The fraction of sp³-hybridized carbons (Fsp3) is 0.500. The average Bonchev–Trinajstić information content (AvgIpc) is 2.24. The van der Waals surface area contributed by atoms with Gasteiger partial charge in [-0.1, -0.05) is 0 Å². The van der Waals surface area contributed by atoms with Gasteiger partial charge in [0.05, 0.1) is 23.8 Å². The van der Waals surface area contributed by atoms with Crippen molar-refractivity contribution in [1.29, 1.82) is 0 Å². The number of rotatable bonds is 6. The van der Waals surface area contributed by atoms with Gasteiger partial charge in [-0.25, -0.2) is 19.2 Å². The van der Waals surface area contributed by atoms with Gasteiger partial charge in [-0.3, -0.25) is 4.98 Å². The van der Waals surface area contributed by atoms with Gasteiger partial charge >= 0.3 is 0 Å². The molecule has 1 aromatic rings. The van der Waals surface area contributed by atoms with Gasteiger partial charge in [-0.15, -0.1) is 0 Å². The Kier molecular flexibility index (Phi) is 4.97. The Labute approximate surface area is 98.9 Å². The minimum atomic E-state index is -2.87. The Morgan fingerprint density at radius 1 is 1.44 bits per heavy atom. The number of hydrazine groups is 1. The highest BCUT2D eigenvalue weighted by molar-refractivity contribution is 7.99. The predicted molar refractivity (Wildman–Crippen MR) is 65.7 cm³/mol. The molecular weight excluding hydrogens is 248 g/mol. The molecule has 0 bridgehead atoms. The molecule has 1 rings (SSSR count). The van der Waals surface area contributed by atoms with Gasteiger partial charge in [0.1, 0.15) is 9.84 Å². The first kappa shape index (κ1) is 13.2. The fourth-order valence-corrected chi connectivity index (χ4v) is 3.08. The molecule has 0 fully saturated rings. The molecular formula is C8H14N4O2S2. The van der Waals surface area contributed by atoms with E-state index in [2.05, 4.69) is 15.4 Å². The van der Waals surface area contributed by atoms with Crippen molar-refractivity contribution in [3.8, 4) is 0 Å². The van der Waals surface area contributed by atoms with Crippen LogP contribution in [0.5, 0.6) is 0 Å². The van der Waals surface area contributed by atoms with E-state index in [1.165, 1.54) is 24.2 Å². The average molecular weight is 262 g/mol. The lowest BCUT2D eigenvalue weighted by Gasteiger charge is -2.01. The fourth-order valence-electron chi connectivity index (χ4n) is 0.891. The van der Waals surface area contributed by atoms with Gasteiger partial charge in [0.15, 0.2) is 5.82 Å². The monoisotopic (exact) mass is 262 g/mol. The van der Waals surface area contributed by atoms with E-state index < -0.39 is 9.84 Å². The highest BCUT2D eigenvalue weighted by Crippen LogP contribution is 2.10.